The van der Waals surface area contributed by atoms with Crippen LogP contribution >= 0.6 is 0 Å². The predicted molar refractivity (Wildman–Crippen MR) is 134 cm³/mol. The van der Waals surface area contributed by atoms with Crippen molar-refractivity contribution >= 4 is 12.1 Å². The summed E-state index contributed by atoms with van der Waals surface area (Å²) < 4.78 is 47.7. The summed E-state index contributed by atoms with van der Waals surface area (Å²) in [6.45, 7) is 5.14. The van der Waals surface area contributed by atoms with Crippen molar-refractivity contribution in [2.24, 2.45) is 0 Å². The van der Waals surface area contributed by atoms with E-state index < -0.39 is 30.5 Å². The van der Waals surface area contributed by atoms with Gasteiger partial charge in [-0.05, 0) is 56.2 Å². The van der Waals surface area contributed by atoms with Gasteiger partial charge in [-0.3, -0.25) is 0 Å². The molecule has 0 bridgehead atoms. The number of carboxylic acids is 1. The van der Waals surface area contributed by atoms with Crippen LogP contribution in [-0.4, -0.2) is 73.6 Å². The van der Waals surface area contributed by atoms with Gasteiger partial charge < -0.3 is 29.0 Å². The highest BCUT2D eigenvalue weighted by atomic mass is 19.3. The van der Waals surface area contributed by atoms with E-state index in [0.717, 1.165) is 18.1 Å². The van der Waals surface area contributed by atoms with Gasteiger partial charge >= 0.3 is 12.1 Å². The molecular formula is C27H35F2NO7. The lowest BCUT2D eigenvalue weighted by molar-refractivity contribution is -0.149. The first-order valence-electron chi connectivity index (χ1n) is 12.1. The number of hydrogen-bond donors (Lipinski definition) is 1. The number of nitrogens with zero attached hydrogens (tertiary/aromatic N) is 1. The molecule has 0 fully saturated rings. The molecule has 2 rings (SSSR count). The summed E-state index contributed by atoms with van der Waals surface area (Å²) >= 11 is 0. The molecule has 0 saturated carbocycles. The fourth-order valence-corrected chi connectivity index (χ4v) is 3.29. The van der Waals surface area contributed by atoms with Crippen LogP contribution in [0.25, 0.3) is 0 Å². The zero-order valence-corrected chi connectivity index (χ0v) is 21.5. The number of alkyl halides is 2. The van der Waals surface area contributed by atoms with Crippen LogP contribution in [0.1, 0.15) is 31.4 Å². The summed E-state index contributed by atoms with van der Waals surface area (Å²) in [4.78, 5) is 25.4. The largest absolute Gasteiger partial charge is 0.492 e. The Hall–Kier alpha value is -3.24. The molecule has 1 atom stereocenters. The topological polar surface area (TPSA) is 94.5 Å². The van der Waals surface area contributed by atoms with Gasteiger partial charge in [-0.2, -0.15) is 0 Å². The minimum absolute atomic E-state index is 0.0677. The van der Waals surface area contributed by atoms with Crippen molar-refractivity contribution in [1.82, 2.24) is 4.90 Å². The Balaban J connectivity index is 1.91. The van der Waals surface area contributed by atoms with E-state index in [1.165, 1.54) is 4.90 Å². The molecule has 1 amide bonds. The Morgan fingerprint density at radius 3 is 2.35 bits per heavy atom. The van der Waals surface area contributed by atoms with E-state index in [-0.39, 0.29) is 39.3 Å². The van der Waals surface area contributed by atoms with Crippen LogP contribution in [0.15, 0.2) is 48.5 Å². The number of halogens is 2. The SMILES string of the molecule is CCOC(Cc1ccc(OCCN(CCOCCC(C)(F)F)C(=O)Oc2cccc(C)c2)cc1)C(=O)O. The van der Waals surface area contributed by atoms with Crippen molar-refractivity contribution in [1.29, 1.82) is 0 Å². The molecule has 37 heavy (non-hydrogen) atoms. The summed E-state index contributed by atoms with van der Waals surface area (Å²) in [5.41, 5.74) is 1.72. The number of aryl methyl sites for hydroxylation is 1. The van der Waals surface area contributed by atoms with Crippen molar-refractivity contribution < 1.29 is 42.4 Å². The van der Waals surface area contributed by atoms with E-state index in [9.17, 15) is 23.5 Å². The lowest BCUT2D eigenvalue weighted by atomic mass is 10.1. The first-order chi connectivity index (χ1) is 17.6. The van der Waals surface area contributed by atoms with Crippen LogP contribution < -0.4 is 9.47 Å². The molecule has 1 unspecified atom stereocenters. The molecule has 8 nitrogen and oxygen atoms in total. The molecule has 0 aliphatic carbocycles. The van der Waals surface area contributed by atoms with Gasteiger partial charge in [0.1, 0.15) is 18.1 Å². The van der Waals surface area contributed by atoms with Crippen molar-refractivity contribution in [3.8, 4) is 11.5 Å². The number of hydrogen-bond acceptors (Lipinski definition) is 6. The van der Waals surface area contributed by atoms with E-state index in [1.54, 1.807) is 49.4 Å². The normalized spacial score (nSPS) is 12.1. The van der Waals surface area contributed by atoms with E-state index in [0.29, 0.717) is 18.1 Å². The fraction of sp³-hybridized carbons (Fsp3) is 0.481. The Kier molecular flexibility index (Phi) is 12.2. The van der Waals surface area contributed by atoms with Gasteiger partial charge in [0.25, 0.3) is 0 Å². The first-order valence-corrected chi connectivity index (χ1v) is 12.1. The average Bonchev–Trinajstić information content (AvgIpc) is 2.82. The third kappa shape index (κ3) is 12.0. The molecule has 0 heterocycles. The van der Waals surface area contributed by atoms with Crippen LogP contribution in [0.4, 0.5) is 13.6 Å². The van der Waals surface area contributed by atoms with Crippen LogP contribution in [0, 0.1) is 6.92 Å². The quantitative estimate of drug-likeness (QED) is 0.311. The maximum Gasteiger partial charge on any atom is 0.415 e. The molecule has 0 spiro atoms. The molecule has 0 aliphatic rings. The molecule has 1 N–H and O–H groups in total. The molecule has 0 radical (unpaired) electrons. The molecule has 0 saturated heterocycles. The Morgan fingerprint density at radius 1 is 1.03 bits per heavy atom. The van der Waals surface area contributed by atoms with E-state index >= 15 is 0 Å². The third-order valence-electron chi connectivity index (χ3n) is 5.26. The van der Waals surface area contributed by atoms with Crippen molar-refractivity contribution in [3.63, 3.8) is 0 Å². The number of ether oxygens (including phenoxy) is 4. The summed E-state index contributed by atoms with van der Waals surface area (Å²) in [6, 6.07) is 14.0. The summed E-state index contributed by atoms with van der Waals surface area (Å²) in [6.07, 6.45) is -1.70. The highest BCUT2D eigenvalue weighted by Gasteiger charge is 2.21. The maximum atomic E-state index is 13.0. The van der Waals surface area contributed by atoms with Gasteiger partial charge in [-0.25, -0.2) is 18.4 Å². The molecule has 2 aromatic rings. The lowest BCUT2D eigenvalue weighted by Gasteiger charge is -2.22. The Labute approximate surface area is 216 Å². The second-order valence-electron chi connectivity index (χ2n) is 8.58. The predicted octanol–water partition coefficient (Wildman–Crippen LogP) is 4.97. The van der Waals surface area contributed by atoms with E-state index in [4.69, 9.17) is 18.9 Å². The number of aliphatic carboxylic acids is 1. The minimum Gasteiger partial charge on any atom is -0.492 e. The fourth-order valence-electron chi connectivity index (χ4n) is 3.29. The van der Waals surface area contributed by atoms with Crippen molar-refractivity contribution in [2.45, 2.75) is 45.6 Å². The van der Waals surface area contributed by atoms with Gasteiger partial charge in [0.05, 0.1) is 19.8 Å². The van der Waals surface area contributed by atoms with Crippen molar-refractivity contribution in [2.75, 3.05) is 39.5 Å². The number of amides is 1. The van der Waals surface area contributed by atoms with E-state index in [2.05, 4.69) is 0 Å². The number of benzene rings is 2. The summed E-state index contributed by atoms with van der Waals surface area (Å²) in [7, 11) is 0. The van der Waals surface area contributed by atoms with E-state index in [1.807, 2.05) is 13.0 Å². The molecular weight excluding hydrogens is 488 g/mol. The highest BCUT2D eigenvalue weighted by molar-refractivity contribution is 5.72. The minimum atomic E-state index is -2.81. The molecule has 0 aromatic heterocycles. The zero-order chi connectivity index (χ0) is 27.3. The van der Waals surface area contributed by atoms with Gasteiger partial charge in [0.15, 0.2) is 6.10 Å². The summed E-state index contributed by atoms with van der Waals surface area (Å²) in [5.74, 6) is -2.90. The highest BCUT2D eigenvalue weighted by Crippen LogP contribution is 2.17. The van der Waals surface area contributed by atoms with Gasteiger partial charge in [-0.15, -0.1) is 0 Å². The van der Waals surface area contributed by atoms with Crippen LogP contribution in [0.3, 0.4) is 0 Å². The average molecular weight is 524 g/mol. The van der Waals surface area contributed by atoms with Gasteiger partial charge in [0, 0.05) is 26.0 Å². The number of carbonyl (C=O) groups excluding carboxylic acids is 1. The molecule has 204 valence electrons. The van der Waals surface area contributed by atoms with Crippen LogP contribution in [0.2, 0.25) is 0 Å². The smallest absolute Gasteiger partial charge is 0.415 e. The zero-order valence-electron chi connectivity index (χ0n) is 21.5. The lowest BCUT2D eigenvalue weighted by Crippen LogP contribution is -2.39. The van der Waals surface area contributed by atoms with Crippen LogP contribution in [0.5, 0.6) is 11.5 Å². The Bertz CT molecular complexity index is 979. The number of carboxylic acid groups (broad SMARTS) is 1. The monoisotopic (exact) mass is 523 g/mol. The Morgan fingerprint density at radius 2 is 1.73 bits per heavy atom. The number of rotatable bonds is 16. The molecule has 10 heteroatoms. The molecule has 2 aromatic carbocycles. The van der Waals surface area contributed by atoms with Crippen LogP contribution in [-0.2, 0) is 20.7 Å². The number of carbonyl (C=O) groups is 2. The second kappa shape index (κ2) is 15.1. The third-order valence-corrected chi connectivity index (χ3v) is 5.26. The second-order valence-corrected chi connectivity index (χ2v) is 8.58. The van der Waals surface area contributed by atoms with Gasteiger partial charge in [0.2, 0.25) is 5.92 Å². The standard InChI is InChI=1S/C27H35F2NO7/c1-4-35-24(25(31)32)19-21-8-10-22(11-9-21)36-17-14-30(13-16-34-15-12-27(3,28)29)26(33)37-23-7-5-6-20(2)18-23/h5-11,18,24H,4,12-17,19H2,1-3H3,(H,31,32). The van der Waals surface area contributed by atoms with Crippen molar-refractivity contribution in [3.05, 3.63) is 59.7 Å². The molecule has 0 aliphatic heterocycles. The first kappa shape index (κ1) is 30.0. The summed E-state index contributed by atoms with van der Waals surface area (Å²) in [5, 5.41) is 9.23. The maximum absolute atomic E-state index is 13.0. The van der Waals surface area contributed by atoms with Gasteiger partial charge in [-0.1, -0.05) is 24.3 Å².